The lowest BCUT2D eigenvalue weighted by Crippen LogP contribution is -2.33. The Morgan fingerprint density at radius 2 is 1.66 bits per heavy atom. The number of carboxylic acids is 2. The molecule has 2 heterocycles. The minimum Gasteiger partial charge on any atom is -0.481 e. The molecule has 1 aromatic rings. The second-order valence-electron chi connectivity index (χ2n) is 6.13. The molecule has 2 rings (SSSR count). The Hall–Kier alpha value is -4.17. The molecule has 0 aromatic carbocycles. The average Bonchev–Trinajstić information content (AvgIpc) is 2.72. The molecule has 146 valence electrons. The van der Waals surface area contributed by atoms with E-state index in [0.29, 0.717) is 35.4 Å². The number of hydrogen-bond acceptors (Lipinski definition) is 5. The lowest BCUT2D eigenvalue weighted by atomic mass is 10.0. The Balaban J connectivity index is 2.19. The number of nitrogens with zero attached hydrogens (tertiary/aromatic N) is 4. The van der Waals surface area contributed by atoms with E-state index < -0.39 is 11.9 Å². The first-order chi connectivity index (χ1) is 13.9. The molecule has 0 radical (unpaired) electrons. The van der Waals surface area contributed by atoms with E-state index in [1.54, 1.807) is 58.5 Å². The van der Waals surface area contributed by atoms with Crippen LogP contribution >= 0.6 is 0 Å². The van der Waals surface area contributed by atoms with Gasteiger partial charge in [0.05, 0.1) is 29.7 Å². The summed E-state index contributed by atoms with van der Waals surface area (Å²) in [6.45, 7) is 0.644. The number of rotatable bonds is 8. The normalized spacial score (nSPS) is 13.0. The topological polar surface area (TPSA) is 129 Å². The Kier molecular flexibility index (Phi) is 7.46. The zero-order chi connectivity index (χ0) is 21.2. The van der Waals surface area contributed by atoms with Crippen molar-refractivity contribution in [3.63, 3.8) is 0 Å². The molecule has 29 heavy (non-hydrogen) atoms. The molecule has 0 aliphatic carbocycles. The lowest BCUT2D eigenvalue weighted by molar-refractivity contribution is -0.696. The molecule has 1 aliphatic rings. The van der Waals surface area contributed by atoms with E-state index in [1.165, 1.54) is 6.08 Å². The fraction of sp³-hybridized carbons (Fsp3) is 0.190. The number of aromatic nitrogens is 1. The van der Waals surface area contributed by atoms with Crippen LogP contribution in [0, 0.1) is 22.7 Å². The van der Waals surface area contributed by atoms with Gasteiger partial charge in [-0.25, -0.2) is 4.57 Å². The number of nitriles is 2. The number of pyridine rings is 1. The highest BCUT2D eigenvalue weighted by atomic mass is 16.4. The molecule has 0 saturated carbocycles. The Morgan fingerprint density at radius 3 is 2.17 bits per heavy atom. The summed E-state index contributed by atoms with van der Waals surface area (Å²) in [6.07, 6.45) is 11.6. The van der Waals surface area contributed by atoms with Crippen LogP contribution in [0.25, 0.3) is 5.57 Å². The van der Waals surface area contributed by atoms with Crippen LogP contribution in [0.5, 0.6) is 0 Å². The second kappa shape index (κ2) is 10.2. The van der Waals surface area contributed by atoms with Crippen molar-refractivity contribution in [1.29, 1.82) is 10.5 Å². The highest BCUT2D eigenvalue weighted by molar-refractivity contribution is 5.79. The van der Waals surface area contributed by atoms with Crippen molar-refractivity contribution in [3.05, 3.63) is 71.9 Å². The molecule has 0 atom stereocenters. The molecular formula is C21H19N4O4+. The fourth-order valence-electron chi connectivity index (χ4n) is 2.53. The van der Waals surface area contributed by atoms with Crippen LogP contribution in [0.4, 0.5) is 0 Å². The van der Waals surface area contributed by atoms with Crippen molar-refractivity contribution < 1.29 is 24.4 Å². The van der Waals surface area contributed by atoms with Crippen LogP contribution in [0.3, 0.4) is 0 Å². The summed E-state index contributed by atoms with van der Waals surface area (Å²) in [6, 6.07) is 7.55. The van der Waals surface area contributed by atoms with E-state index in [1.807, 2.05) is 0 Å². The molecular weight excluding hydrogens is 372 g/mol. The third kappa shape index (κ3) is 6.49. The Labute approximate surface area is 167 Å². The summed E-state index contributed by atoms with van der Waals surface area (Å²) in [7, 11) is 0. The summed E-state index contributed by atoms with van der Waals surface area (Å²) in [4.78, 5) is 23.0. The lowest BCUT2D eigenvalue weighted by Gasteiger charge is -2.17. The quantitative estimate of drug-likeness (QED) is 0.512. The molecule has 1 aliphatic heterocycles. The van der Waals surface area contributed by atoms with Gasteiger partial charge >= 0.3 is 11.9 Å². The van der Waals surface area contributed by atoms with E-state index in [4.69, 9.17) is 10.2 Å². The summed E-state index contributed by atoms with van der Waals surface area (Å²) in [5.41, 5.74) is 1.82. The maximum absolute atomic E-state index is 10.6. The number of aliphatic carboxylic acids is 2. The minimum absolute atomic E-state index is 0.00219. The standard InChI is InChI=1S/C21H18N4O4/c22-14-18(16-1-7-24(8-2-16)11-5-20(26)27)13-19(15-23)17-3-9-25(10-4-17)12-6-21(28)29/h1-4,7-10,13H,5-6,11-12H2,(H-,26,27,28,29)/p+1. The third-order valence-corrected chi connectivity index (χ3v) is 4.10. The predicted octanol–water partition coefficient (Wildman–Crippen LogP) is 1.99. The van der Waals surface area contributed by atoms with Gasteiger partial charge in [-0.1, -0.05) is 0 Å². The van der Waals surface area contributed by atoms with E-state index >= 15 is 0 Å². The van der Waals surface area contributed by atoms with Gasteiger partial charge in [0.1, 0.15) is 6.42 Å². The van der Waals surface area contributed by atoms with Gasteiger partial charge in [-0.3, -0.25) is 9.59 Å². The van der Waals surface area contributed by atoms with Gasteiger partial charge < -0.3 is 15.1 Å². The zero-order valence-electron chi connectivity index (χ0n) is 15.5. The zero-order valence-corrected chi connectivity index (χ0v) is 15.5. The van der Waals surface area contributed by atoms with Gasteiger partial charge in [-0.05, 0) is 23.8 Å². The highest BCUT2D eigenvalue weighted by Crippen LogP contribution is 2.20. The monoisotopic (exact) mass is 391 g/mol. The van der Waals surface area contributed by atoms with Gasteiger partial charge in [-0.2, -0.15) is 10.5 Å². The SMILES string of the molecule is N#CC(=CC(C#N)=C1C=CN(CCC(=O)O)C=C1)c1cc[n+](CCC(=O)O)cc1. The minimum atomic E-state index is -0.889. The van der Waals surface area contributed by atoms with E-state index in [-0.39, 0.29) is 12.8 Å². The first-order valence-electron chi connectivity index (χ1n) is 8.74. The first-order valence-corrected chi connectivity index (χ1v) is 8.74. The highest BCUT2D eigenvalue weighted by Gasteiger charge is 2.10. The van der Waals surface area contributed by atoms with Crippen molar-refractivity contribution in [3.8, 4) is 12.1 Å². The number of carbonyl (C=O) groups is 2. The first kappa shape index (κ1) is 21.1. The predicted molar refractivity (Wildman–Crippen MR) is 102 cm³/mol. The smallest absolute Gasteiger partial charge is 0.309 e. The van der Waals surface area contributed by atoms with E-state index in [0.717, 1.165) is 0 Å². The molecule has 0 fully saturated rings. The van der Waals surface area contributed by atoms with Crippen LogP contribution < -0.4 is 4.57 Å². The van der Waals surface area contributed by atoms with Crippen molar-refractivity contribution in [2.45, 2.75) is 19.4 Å². The molecule has 0 saturated heterocycles. The Morgan fingerprint density at radius 1 is 1.03 bits per heavy atom. The summed E-state index contributed by atoms with van der Waals surface area (Å²) in [5, 5.41) is 36.5. The molecule has 2 N–H and O–H groups in total. The van der Waals surface area contributed by atoms with Crippen LogP contribution in [0.1, 0.15) is 18.4 Å². The molecule has 0 unspecified atom stereocenters. The average molecular weight is 391 g/mol. The van der Waals surface area contributed by atoms with Gasteiger partial charge in [0.25, 0.3) is 0 Å². The molecule has 8 nitrogen and oxygen atoms in total. The maximum atomic E-state index is 10.6. The van der Waals surface area contributed by atoms with Gasteiger partial charge in [0, 0.05) is 36.6 Å². The second-order valence-corrected chi connectivity index (χ2v) is 6.13. The summed E-state index contributed by atoms with van der Waals surface area (Å²) < 4.78 is 1.70. The number of aryl methyl sites for hydroxylation is 1. The van der Waals surface area contributed by atoms with Gasteiger partial charge in [0.15, 0.2) is 18.9 Å². The number of carboxylic acid groups (broad SMARTS) is 2. The molecule has 1 aromatic heterocycles. The maximum Gasteiger partial charge on any atom is 0.309 e. The Bertz CT molecular complexity index is 973. The summed E-state index contributed by atoms with van der Waals surface area (Å²) >= 11 is 0. The van der Waals surface area contributed by atoms with Crippen molar-refractivity contribution in [2.75, 3.05) is 6.54 Å². The van der Waals surface area contributed by atoms with Crippen LogP contribution in [0.15, 0.2) is 66.3 Å². The van der Waals surface area contributed by atoms with Crippen LogP contribution in [-0.4, -0.2) is 33.6 Å². The largest absolute Gasteiger partial charge is 0.481 e. The van der Waals surface area contributed by atoms with E-state index in [2.05, 4.69) is 12.1 Å². The third-order valence-electron chi connectivity index (χ3n) is 4.10. The van der Waals surface area contributed by atoms with Crippen molar-refractivity contribution in [2.24, 2.45) is 0 Å². The van der Waals surface area contributed by atoms with Crippen LogP contribution in [-0.2, 0) is 16.1 Å². The van der Waals surface area contributed by atoms with Gasteiger partial charge in [0.2, 0.25) is 0 Å². The molecule has 8 heteroatoms. The molecule has 0 bridgehead atoms. The molecule has 0 spiro atoms. The number of hydrogen-bond donors (Lipinski definition) is 2. The molecule has 0 amide bonds. The number of allylic oxidation sites excluding steroid dienone is 6. The fourth-order valence-corrected chi connectivity index (χ4v) is 2.53. The van der Waals surface area contributed by atoms with Gasteiger partial charge in [-0.15, -0.1) is 0 Å². The van der Waals surface area contributed by atoms with Crippen LogP contribution in [0.2, 0.25) is 0 Å². The van der Waals surface area contributed by atoms with Crippen molar-refractivity contribution in [1.82, 2.24) is 4.90 Å². The van der Waals surface area contributed by atoms with E-state index in [9.17, 15) is 20.1 Å². The summed E-state index contributed by atoms with van der Waals surface area (Å²) in [5.74, 6) is -1.78. The van der Waals surface area contributed by atoms with Crippen molar-refractivity contribution >= 4 is 17.5 Å².